The molecule has 0 unspecified atom stereocenters. The van der Waals surface area contributed by atoms with Gasteiger partial charge in [-0.2, -0.15) is 5.10 Å². The largest absolute Gasteiger partial charge is 0.495 e. The van der Waals surface area contributed by atoms with Crippen LogP contribution in [0.5, 0.6) is 5.75 Å². The fraction of sp³-hybridized carbons (Fsp3) is 0.281. The predicted molar refractivity (Wildman–Crippen MR) is 162 cm³/mol. The number of anilines is 1. The summed E-state index contributed by atoms with van der Waals surface area (Å²) in [5.41, 5.74) is 2.05. The first-order valence-corrected chi connectivity index (χ1v) is 14.4. The third kappa shape index (κ3) is 6.70. The Morgan fingerprint density at radius 3 is 2.49 bits per heavy atom. The first kappa shape index (κ1) is 29.8. The van der Waals surface area contributed by atoms with Crippen molar-refractivity contribution in [1.29, 1.82) is 0 Å². The zero-order valence-electron chi connectivity index (χ0n) is 23.7. The van der Waals surface area contributed by atoms with Crippen LogP contribution < -0.4 is 15.6 Å². The summed E-state index contributed by atoms with van der Waals surface area (Å²) in [6.07, 6.45) is 6.52. The number of carbonyl (C=O) groups is 3. The van der Waals surface area contributed by atoms with E-state index in [1.807, 2.05) is 16.9 Å². The first-order chi connectivity index (χ1) is 20.7. The lowest BCUT2D eigenvalue weighted by Crippen LogP contribution is -2.33. The fourth-order valence-electron chi connectivity index (χ4n) is 4.97. The standard InChI is InChI=1S/C32H31ClN4O6/c1-3-28(38)24-12-6-20(33)16-25(24)26-17-30(39)36(18-29(26)43-2)27(13-9-22-14-15-37(35-22)23-10-11-23)31(40)34-21-7-4-19(5-8-21)32(41)42/h4-8,12,14-18,23,27H,3,9-11,13H2,1-2H3,(H,34,40)(H,41,42)/t27-/m0/s1. The zero-order valence-corrected chi connectivity index (χ0v) is 24.5. The van der Waals surface area contributed by atoms with Gasteiger partial charge in [0.15, 0.2) is 5.78 Å². The van der Waals surface area contributed by atoms with Crippen molar-refractivity contribution < 1.29 is 24.2 Å². The van der Waals surface area contributed by atoms with E-state index in [2.05, 4.69) is 10.4 Å². The minimum absolute atomic E-state index is 0.0827. The number of pyridine rings is 1. The van der Waals surface area contributed by atoms with Crippen LogP contribution in [0.1, 0.15) is 71.1 Å². The van der Waals surface area contributed by atoms with Gasteiger partial charge in [-0.25, -0.2) is 4.79 Å². The topological polar surface area (TPSA) is 133 Å². The summed E-state index contributed by atoms with van der Waals surface area (Å²) in [6, 6.07) is 13.3. The van der Waals surface area contributed by atoms with E-state index in [0.717, 1.165) is 18.5 Å². The van der Waals surface area contributed by atoms with Gasteiger partial charge < -0.3 is 15.2 Å². The maximum absolute atomic E-state index is 13.7. The highest BCUT2D eigenvalue weighted by atomic mass is 35.5. The molecule has 0 spiro atoms. The van der Waals surface area contributed by atoms with E-state index in [4.69, 9.17) is 16.3 Å². The van der Waals surface area contributed by atoms with Gasteiger partial charge in [-0.3, -0.25) is 23.6 Å². The molecule has 1 fully saturated rings. The Bertz CT molecular complexity index is 1740. The second kappa shape index (κ2) is 12.7. The van der Waals surface area contributed by atoms with Crippen LogP contribution >= 0.6 is 11.6 Å². The molecule has 1 atom stereocenters. The normalized spacial score (nSPS) is 13.4. The molecule has 222 valence electrons. The number of aromatic nitrogens is 3. The summed E-state index contributed by atoms with van der Waals surface area (Å²) in [6.45, 7) is 1.75. The minimum atomic E-state index is -1.08. The Hall–Kier alpha value is -4.70. The summed E-state index contributed by atoms with van der Waals surface area (Å²) in [5.74, 6) is -1.38. The SMILES string of the molecule is CCC(=O)c1ccc(Cl)cc1-c1cc(=O)n([C@@H](CCc2ccn(C3CC3)n2)C(=O)Nc2ccc(C(=O)O)cc2)cc1OC. The molecule has 0 radical (unpaired) electrons. The maximum Gasteiger partial charge on any atom is 0.335 e. The number of hydrogen-bond acceptors (Lipinski definition) is 6. The number of amides is 1. The molecule has 1 saturated carbocycles. The Balaban J connectivity index is 1.52. The number of carboxylic acids is 1. The predicted octanol–water partition coefficient (Wildman–Crippen LogP) is 5.81. The molecule has 2 heterocycles. The number of benzene rings is 2. The van der Waals surface area contributed by atoms with E-state index in [1.165, 1.54) is 48.2 Å². The molecule has 0 aliphatic heterocycles. The average Bonchev–Trinajstić information content (AvgIpc) is 3.75. The number of carbonyl (C=O) groups excluding carboxylic acids is 2. The molecule has 43 heavy (non-hydrogen) atoms. The third-order valence-electron chi connectivity index (χ3n) is 7.45. The van der Waals surface area contributed by atoms with Crippen LogP contribution in [-0.4, -0.2) is 44.2 Å². The molecular weight excluding hydrogens is 572 g/mol. The summed E-state index contributed by atoms with van der Waals surface area (Å²) < 4.78 is 8.91. The first-order valence-electron chi connectivity index (χ1n) is 14.0. The van der Waals surface area contributed by atoms with Crippen LogP contribution in [0, 0.1) is 0 Å². The number of methoxy groups -OCH3 is 1. The highest BCUT2D eigenvalue weighted by molar-refractivity contribution is 6.31. The monoisotopic (exact) mass is 602 g/mol. The molecule has 5 rings (SSSR count). The quantitative estimate of drug-likeness (QED) is 0.195. The molecule has 0 saturated heterocycles. The van der Waals surface area contributed by atoms with E-state index in [-0.39, 0.29) is 29.9 Å². The number of ether oxygens (including phenoxy) is 1. The lowest BCUT2D eigenvalue weighted by atomic mass is 9.96. The number of carboxylic acid groups (broad SMARTS) is 1. The lowest BCUT2D eigenvalue weighted by Gasteiger charge is -2.21. The van der Waals surface area contributed by atoms with Crippen LogP contribution in [-0.2, 0) is 11.2 Å². The van der Waals surface area contributed by atoms with Gasteiger partial charge in [0.25, 0.3) is 5.56 Å². The number of ketones is 1. The number of nitrogens with one attached hydrogen (secondary N) is 1. The van der Waals surface area contributed by atoms with E-state index in [9.17, 15) is 24.3 Å². The van der Waals surface area contributed by atoms with Crippen LogP contribution in [0.2, 0.25) is 5.02 Å². The van der Waals surface area contributed by atoms with E-state index in [1.54, 1.807) is 25.1 Å². The number of aryl methyl sites for hydroxylation is 1. The van der Waals surface area contributed by atoms with Crippen molar-refractivity contribution in [3.05, 3.63) is 99.2 Å². The lowest BCUT2D eigenvalue weighted by molar-refractivity contribution is -0.119. The molecule has 1 aliphatic rings. The summed E-state index contributed by atoms with van der Waals surface area (Å²) >= 11 is 6.27. The number of aromatic carboxylic acids is 1. The highest BCUT2D eigenvalue weighted by Gasteiger charge is 2.27. The molecule has 2 N–H and O–H groups in total. The molecule has 11 heteroatoms. The summed E-state index contributed by atoms with van der Waals surface area (Å²) in [7, 11) is 1.45. The van der Waals surface area contributed by atoms with Crippen molar-refractivity contribution in [2.45, 2.75) is 51.1 Å². The number of nitrogens with zero attached hydrogens (tertiary/aromatic N) is 3. The van der Waals surface area contributed by atoms with Crippen molar-refractivity contribution >= 4 is 34.9 Å². The Morgan fingerprint density at radius 1 is 1.09 bits per heavy atom. The van der Waals surface area contributed by atoms with Gasteiger partial charge in [-0.1, -0.05) is 18.5 Å². The van der Waals surface area contributed by atoms with Gasteiger partial charge in [0.2, 0.25) is 5.91 Å². The van der Waals surface area contributed by atoms with Crippen LogP contribution in [0.15, 0.2) is 71.8 Å². The van der Waals surface area contributed by atoms with Crippen LogP contribution in [0.4, 0.5) is 5.69 Å². The summed E-state index contributed by atoms with van der Waals surface area (Å²) in [4.78, 5) is 51.3. The number of halogens is 1. The van der Waals surface area contributed by atoms with Crippen LogP contribution in [0.25, 0.3) is 11.1 Å². The smallest absolute Gasteiger partial charge is 0.335 e. The van der Waals surface area contributed by atoms with Gasteiger partial charge in [0, 0.05) is 40.5 Å². The molecule has 10 nitrogen and oxygen atoms in total. The molecule has 2 aromatic heterocycles. The van der Waals surface area contributed by atoms with E-state index < -0.39 is 23.5 Å². The van der Waals surface area contributed by atoms with Gasteiger partial charge in [-0.05, 0) is 79.8 Å². The van der Waals surface area contributed by atoms with Crippen molar-refractivity contribution in [3.63, 3.8) is 0 Å². The number of hydrogen-bond donors (Lipinski definition) is 2. The second-order valence-electron chi connectivity index (χ2n) is 10.4. The van der Waals surface area contributed by atoms with Gasteiger partial charge in [0.05, 0.1) is 30.6 Å². The zero-order chi connectivity index (χ0) is 30.7. The molecule has 0 bridgehead atoms. The maximum atomic E-state index is 13.7. The van der Waals surface area contributed by atoms with Crippen molar-refractivity contribution in [1.82, 2.24) is 14.3 Å². The van der Waals surface area contributed by atoms with Gasteiger partial charge in [0.1, 0.15) is 11.8 Å². The Kier molecular flexibility index (Phi) is 8.77. The number of rotatable bonds is 12. The third-order valence-corrected chi connectivity index (χ3v) is 7.69. The number of Topliss-reactive ketones (excluding diaryl/α,β-unsaturated/α-hetero) is 1. The van der Waals surface area contributed by atoms with E-state index >= 15 is 0 Å². The molecular formula is C32H31ClN4O6. The second-order valence-corrected chi connectivity index (χ2v) is 10.8. The van der Waals surface area contributed by atoms with Crippen molar-refractivity contribution in [2.24, 2.45) is 0 Å². The van der Waals surface area contributed by atoms with Crippen molar-refractivity contribution in [2.75, 3.05) is 12.4 Å². The molecule has 2 aromatic carbocycles. The van der Waals surface area contributed by atoms with Crippen LogP contribution in [0.3, 0.4) is 0 Å². The van der Waals surface area contributed by atoms with Gasteiger partial charge in [-0.15, -0.1) is 0 Å². The average molecular weight is 603 g/mol. The highest BCUT2D eigenvalue weighted by Crippen LogP contribution is 2.35. The Morgan fingerprint density at radius 2 is 1.84 bits per heavy atom. The minimum Gasteiger partial charge on any atom is -0.495 e. The summed E-state index contributed by atoms with van der Waals surface area (Å²) in [5, 5.41) is 17.0. The van der Waals surface area contributed by atoms with Crippen molar-refractivity contribution in [3.8, 4) is 16.9 Å². The molecule has 1 amide bonds. The Labute approximate surface area is 252 Å². The van der Waals surface area contributed by atoms with E-state index in [0.29, 0.717) is 39.9 Å². The molecule has 1 aliphatic carbocycles. The molecule has 4 aromatic rings. The fourth-order valence-corrected chi connectivity index (χ4v) is 5.15. The van der Waals surface area contributed by atoms with Gasteiger partial charge >= 0.3 is 5.97 Å².